The summed E-state index contributed by atoms with van der Waals surface area (Å²) < 4.78 is 5.83. The summed E-state index contributed by atoms with van der Waals surface area (Å²) in [6, 6.07) is 4.04. The maximum absolute atomic E-state index is 12.4. The summed E-state index contributed by atoms with van der Waals surface area (Å²) in [7, 11) is 0. The molecule has 0 unspecified atom stereocenters. The van der Waals surface area contributed by atoms with Gasteiger partial charge in [-0.05, 0) is 63.5 Å². The summed E-state index contributed by atoms with van der Waals surface area (Å²) in [5, 5.41) is 6.07. The predicted octanol–water partition coefficient (Wildman–Crippen LogP) is 3.07. The van der Waals surface area contributed by atoms with Crippen LogP contribution in [-0.4, -0.2) is 42.9 Å². The van der Waals surface area contributed by atoms with E-state index in [4.69, 9.17) is 4.74 Å². The molecule has 0 bridgehead atoms. The summed E-state index contributed by atoms with van der Waals surface area (Å²) in [6.45, 7) is 4.85. The standard InChI is InChI=1S/C19H28N4O2/c1-13-16(6-7-18(20-13)23-9-2-3-10-23)22-19(24)21-15-8-11-25-17(12-15)14-4-5-14/h6-7,14-15,17H,2-5,8-12H2,1H3,(H2,21,22,24)/t15-,17-/m1/s1. The summed E-state index contributed by atoms with van der Waals surface area (Å²) in [5.74, 6) is 1.73. The van der Waals surface area contributed by atoms with Crippen molar-refractivity contribution in [3.8, 4) is 0 Å². The van der Waals surface area contributed by atoms with Gasteiger partial charge in [0.05, 0.1) is 17.5 Å². The number of aromatic nitrogens is 1. The van der Waals surface area contributed by atoms with Crippen LogP contribution in [0.4, 0.5) is 16.3 Å². The molecule has 1 aliphatic carbocycles. The molecule has 3 fully saturated rings. The number of carbonyl (C=O) groups is 1. The van der Waals surface area contributed by atoms with Crippen LogP contribution in [0.3, 0.4) is 0 Å². The number of rotatable bonds is 4. The molecular formula is C19H28N4O2. The molecule has 3 aliphatic rings. The summed E-state index contributed by atoms with van der Waals surface area (Å²) in [6.07, 6.45) is 7.18. The Morgan fingerprint density at radius 3 is 2.76 bits per heavy atom. The van der Waals surface area contributed by atoms with Gasteiger partial charge in [0, 0.05) is 25.7 Å². The molecule has 1 aromatic heterocycles. The Morgan fingerprint density at radius 1 is 1.24 bits per heavy atom. The molecule has 0 aromatic carbocycles. The summed E-state index contributed by atoms with van der Waals surface area (Å²) in [5.41, 5.74) is 1.65. The first-order chi connectivity index (χ1) is 12.2. The van der Waals surface area contributed by atoms with Crippen LogP contribution in [-0.2, 0) is 4.74 Å². The maximum Gasteiger partial charge on any atom is 0.319 e. The molecule has 4 rings (SSSR count). The van der Waals surface area contributed by atoms with E-state index in [9.17, 15) is 4.79 Å². The maximum atomic E-state index is 12.4. The lowest BCUT2D eigenvalue weighted by Gasteiger charge is -2.30. The van der Waals surface area contributed by atoms with Crippen LogP contribution in [0.2, 0.25) is 0 Å². The number of hydrogen-bond donors (Lipinski definition) is 2. The smallest absolute Gasteiger partial charge is 0.319 e. The van der Waals surface area contributed by atoms with E-state index in [2.05, 4.69) is 20.5 Å². The zero-order chi connectivity index (χ0) is 17.2. The van der Waals surface area contributed by atoms with Crippen molar-refractivity contribution in [1.82, 2.24) is 10.3 Å². The lowest BCUT2D eigenvalue weighted by atomic mass is 10.0. The van der Waals surface area contributed by atoms with E-state index < -0.39 is 0 Å². The van der Waals surface area contributed by atoms with Gasteiger partial charge in [-0.15, -0.1) is 0 Å². The number of nitrogens with one attached hydrogen (secondary N) is 2. The Balaban J connectivity index is 1.32. The Morgan fingerprint density at radius 2 is 2.04 bits per heavy atom. The van der Waals surface area contributed by atoms with Crippen LogP contribution in [0.15, 0.2) is 12.1 Å². The molecule has 2 saturated heterocycles. The molecule has 1 aromatic rings. The van der Waals surface area contributed by atoms with E-state index in [0.29, 0.717) is 6.10 Å². The molecule has 6 nitrogen and oxygen atoms in total. The lowest BCUT2D eigenvalue weighted by molar-refractivity contribution is -0.00889. The fourth-order valence-electron chi connectivity index (χ4n) is 3.90. The number of anilines is 2. The molecular weight excluding hydrogens is 316 g/mol. The van der Waals surface area contributed by atoms with Crippen LogP contribution in [0.5, 0.6) is 0 Å². The number of ether oxygens (including phenoxy) is 1. The molecule has 1 saturated carbocycles. The molecule has 2 N–H and O–H groups in total. The van der Waals surface area contributed by atoms with Crippen LogP contribution in [0.1, 0.15) is 44.2 Å². The third kappa shape index (κ3) is 4.06. The fourth-order valence-corrected chi connectivity index (χ4v) is 3.90. The second-order valence-electron chi connectivity index (χ2n) is 7.56. The van der Waals surface area contributed by atoms with Gasteiger partial charge in [0.2, 0.25) is 0 Å². The van der Waals surface area contributed by atoms with Gasteiger partial charge in [-0.25, -0.2) is 9.78 Å². The van der Waals surface area contributed by atoms with E-state index in [0.717, 1.165) is 55.7 Å². The number of nitrogens with zero attached hydrogens (tertiary/aromatic N) is 2. The van der Waals surface area contributed by atoms with Gasteiger partial charge in [0.15, 0.2) is 0 Å². The normalized spacial score (nSPS) is 26.5. The van der Waals surface area contributed by atoms with Crippen molar-refractivity contribution >= 4 is 17.5 Å². The van der Waals surface area contributed by atoms with Crippen molar-refractivity contribution in [2.75, 3.05) is 29.9 Å². The predicted molar refractivity (Wildman–Crippen MR) is 98.1 cm³/mol. The van der Waals surface area contributed by atoms with Crippen LogP contribution < -0.4 is 15.5 Å². The number of pyridine rings is 1. The van der Waals surface area contributed by atoms with Crippen molar-refractivity contribution in [3.63, 3.8) is 0 Å². The van der Waals surface area contributed by atoms with E-state index in [-0.39, 0.29) is 12.1 Å². The minimum Gasteiger partial charge on any atom is -0.378 e. The molecule has 2 amide bonds. The number of carbonyl (C=O) groups excluding carboxylic acids is 1. The lowest BCUT2D eigenvalue weighted by Crippen LogP contribution is -2.44. The zero-order valence-corrected chi connectivity index (χ0v) is 15.0. The van der Waals surface area contributed by atoms with E-state index in [1.54, 1.807) is 0 Å². The van der Waals surface area contributed by atoms with Crippen molar-refractivity contribution in [2.45, 2.75) is 57.6 Å². The van der Waals surface area contributed by atoms with E-state index >= 15 is 0 Å². The third-order valence-corrected chi connectivity index (χ3v) is 5.55. The average Bonchev–Trinajstić information content (AvgIpc) is 3.31. The topological polar surface area (TPSA) is 66.5 Å². The molecule has 0 spiro atoms. The minimum atomic E-state index is -0.139. The first-order valence-corrected chi connectivity index (χ1v) is 9.61. The SMILES string of the molecule is Cc1nc(N2CCCC2)ccc1NC(=O)N[C@@H]1CCO[C@@H](C2CC2)C1. The Labute approximate surface area is 149 Å². The highest BCUT2D eigenvalue weighted by atomic mass is 16.5. The molecule has 0 radical (unpaired) electrons. The molecule has 25 heavy (non-hydrogen) atoms. The molecule has 6 heteroatoms. The highest BCUT2D eigenvalue weighted by Gasteiger charge is 2.36. The largest absolute Gasteiger partial charge is 0.378 e. The highest BCUT2D eigenvalue weighted by Crippen LogP contribution is 2.38. The summed E-state index contributed by atoms with van der Waals surface area (Å²) in [4.78, 5) is 19.3. The number of aryl methyl sites for hydroxylation is 1. The van der Waals surface area contributed by atoms with Crippen LogP contribution in [0, 0.1) is 12.8 Å². The van der Waals surface area contributed by atoms with Gasteiger partial charge in [0.1, 0.15) is 5.82 Å². The van der Waals surface area contributed by atoms with Gasteiger partial charge in [-0.3, -0.25) is 0 Å². The van der Waals surface area contributed by atoms with E-state index in [1.807, 2.05) is 19.1 Å². The molecule has 2 aliphatic heterocycles. The van der Waals surface area contributed by atoms with Gasteiger partial charge in [0.25, 0.3) is 0 Å². The summed E-state index contributed by atoms with van der Waals surface area (Å²) >= 11 is 0. The zero-order valence-electron chi connectivity index (χ0n) is 15.0. The Kier molecular flexibility index (Phi) is 4.79. The molecule has 2 atom stereocenters. The van der Waals surface area contributed by atoms with Gasteiger partial charge >= 0.3 is 6.03 Å². The molecule has 136 valence electrons. The van der Waals surface area contributed by atoms with Gasteiger partial charge in [-0.1, -0.05) is 0 Å². The molecule has 3 heterocycles. The average molecular weight is 344 g/mol. The van der Waals surface area contributed by atoms with Crippen molar-refractivity contribution in [3.05, 3.63) is 17.8 Å². The van der Waals surface area contributed by atoms with Crippen molar-refractivity contribution in [2.24, 2.45) is 5.92 Å². The van der Waals surface area contributed by atoms with Gasteiger partial charge in [-0.2, -0.15) is 0 Å². The van der Waals surface area contributed by atoms with Crippen LogP contribution >= 0.6 is 0 Å². The number of amides is 2. The highest BCUT2D eigenvalue weighted by molar-refractivity contribution is 5.90. The van der Waals surface area contributed by atoms with E-state index in [1.165, 1.54) is 25.7 Å². The quantitative estimate of drug-likeness (QED) is 0.881. The first-order valence-electron chi connectivity index (χ1n) is 9.61. The Hall–Kier alpha value is -1.82. The monoisotopic (exact) mass is 344 g/mol. The second-order valence-corrected chi connectivity index (χ2v) is 7.56. The third-order valence-electron chi connectivity index (χ3n) is 5.55. The van der Waals surface area contributed by atoms with Crippen molar-refractivity contribution < 1.29 is 9.53 Å². The Bertz CT molecular complexity index is 626. The minimum absolute atomic E-state index is 0.139. The number of hydrogen-bond acceptors (Lipinski definition) is 4. The fraction of sp³-hybridized carbons (Fsp3) is 0.684. The van der Waals surface area contributed by atoms with Crippen LogP contribution in [0.25, 0.3) is 0 Å². The van der Waals surface area contributed by atoms with Gasteiger partial charge < -0.3 is 20.3 Å². The first kappa shape index (κ1) is 16.6. The second kappa shape index (κ2) is 7.20. The van der Waals surface area contributed by atoms with Crippen molar-refractivity contribution in [1.29, 1.82) is 0 Å². The number of urea groups is 1.